The van der Waals surface area contributed by atoms with E-state index >= 15 is 0 Å². The highest BCUT2D eigenvalue weighted by atomic mass is 79.9. The third-order valence-electron chi connectivity index (χ3n) is 3.22. The van der Waals surface area contributed by atoms with E-state index in [1.807, 2.05) is 26.8 Å². The Bertz CT molecular complexity index is 631. The Labute approximate surface area is 119 Å². The molecule has 0 spiro atoms. The first-order valence-electron chi connectivity index (χ1n) is 5.57. The van der Waals surface area contributed by atoms with E-state index in [1.54, 1.807) is 12.1 Å². The number of carbonyl (C=O) groups is 1. The molecule has 0 bridgehead atoms. The van der Waals surface area contributed by atoms with Crippen LogP contribution in [0, 0.1) is 20.8 Å². The summed E-state index contributed by atoms with van der Waals surface area (Å²) in [6.07, 6.45) is 0. The fourth-order valence-electron chi connectivity index (χ4n) is 1.88. The molecule has 4 heteroatoms. The minimum absolute atomic E-state index is 0.0683. The number of hydrogen-bond donors (Lipinski definition) is 1. The van der Waals surface area contributed by atoms with Crippen molar-refractivity contribution >= 4 is 33.3 Å². The Hall–Kier alpha value is -1.06. The summed E-state index contributed by atoms with van der Waals surface area (Å²) in [7, 11) is 0. The first kappa shape index (κ1) is 13.4. The van der Waals surface area contributed by atoms with Crippen LogP contribution in [0.15, 0.2) is 22.7 Å². The number of aromatic nitrogens is 1. The summed E-state index contributed by atoms with van der Waals surface area (Å²) >= 11 is 9.44. The summed E-state index contributed by atoms with van der Waals surface area (Å²) in [5.74, 6) is -0.0683. The predicted octanol–water partition coefficient (Wildman–Crippen LogP) is 4.59. The number of halogens is 2. The third-order valence-corrected chi connectivity index (χ3v) is 4.02. The molecule has 18 heavy (non-hydrogen) atoms. The van der Waals surface area contributed by atoms with Gasteiger partial charge in [-0.25, -0.2) is 0 Å². The summed E-state index contributed by atoms with van der Waals surface area (Å²) in [6, 6.07) is 5.28. The number of aromatic amines is 1. The Balaban J connectivity index is 2.51. The average Bonchev–Trinajstić information content (AvgIpc) is 2.56. The number of hydrogen-bond acceptors (Lipinski definition) is 1. The second-order valence-electron chi connectivity index (χ2n) is 4.33. The van der Waals surface area contributed by atoms with Crippen molar-refractivity contribution in [2.24, 2.45) is 0 Å². The number of benzene rings is 1. The smallest absolute Gasteiger partial charge is 0.210 e. The third kappa shape index (κ3) is 2.25. The fraction of sp³-hybridized carbons (Fsp3) is 0.214. The molecule has 0 saturated carbocycles. The molecule has 0 aliphatic rings. The van der Waals surface area contributed by atoms with Gasteiger partial charge in [-0.05, 0) is 50.1 Å². The van der Waals surface area contributed by atoms with Crippen LogP contribution >= 0.6 is 27.5 Å². The largest absolute Gasteiger partial charge is 0.356 e. The first-order valence-corrected chi connectivity index (χ1v) is 6.74. The normalized spacial score (nSPS) is 10.7. The lowest BCUT2D eigenvalue weighted by molar-refractivity contribution is 0.103. The van der Waals surface area contributed by atoms with E-state index in [4.69, 9.17) is 11.6 Å². The molecule has 1 aromatic carbocycles. The Morgan fingerprint density at radius 1 is 1.22 bits per heavy atom. The Morgan fingerprint density at radius 2 is 1.89 bits per heavy atom. The molecule has 1 N–H and O–H groups in total. The number of aryl methyl sites for hydroxylation is 1. The highest BCUT2D eigenvalue weighted by molar-refractivity contribution is 9.10. The maximum absolute atomic E-state index is 12.4. The standard InChI is InChI=1S/C14H13BrClNO/c1-7-8(2)13(17-9(7)3)14(18)11-5-4-10(15)6-12(11)16/h4-6,17H,1-3H3. The van der Waals surface area contributed by atoms with E-state index in [2.05, 4.69) is 20.9 Å². The van der Waals surface area contributed by atoms with Gasteiger partial charge in [0.2, 0.25) is 5.78 Å². The highest BCUT2D eigenvalue weighted by Gasteiger charge is 2.18. The quantitative estimate of drug-likeness (QED) is 0.805. The number of ketones is 1. The van der Waals surface area contributed by atoms with E-state index in [1.165, 1.54) is 0 Å². The van der Waals surface area contributed by atoms with E-state index in [-0.39, 0.29) is 5.78 Å². The number of H-pyrrole nitrogens is 1. The van der Waals surface area contributed by atoms with Crippen molar-refractivity contribution < 1.29 is 4.79 Å². The van der Waals surface area contributed by atoms with Gasteiger partial charge in [-0.15, -0.1) is 0 Å². The SMILES string of the molecule is Cc1[nH]c(C(=O)c2ccc(Br)cc2Cl)c(C)c1C. The molecule has 0 atom stereocenters. The second kappa shape index (κ2) is 4.90. The van der Waals surface area contributed by atoms with E-state index in [9.17, 15) is 4.79 Å². The average molecular weight is 327 g/mol. The van der Waals surface area contributed by atoms with Crippen LogP contribution < -0.4 is 0 Å². The van der Waals surface area contributed by atoms with Crippen molar-refractivity contribution in [3.63, 3.8) is 0 Å². The molecule has 0 unspecified atom stereocenters. The van der Waals surface area contributed by atoms with Gasteiger partial charge in [0.05, 0.1) is 10.7 Å². The van der Waals surface area contributed by atoms with E-state index in [0.717, 1.165) is 21.3 Å². The molecule has 2 rings (SSSR count). The second-order valence-corrected chi connectivity index (χ2v) is 5.65. The first-order chi connectivity index (χ1) is 8.41. The van der Waals surface area contributed by atoms with E-state index in [0.29, 0.717) is 16.3 Å². The van der Waals surface area contributed by atoms with Gasteiger partial charge in [0, 0.05) is 15.7 Å². The topological polar surface area (TPSA) is 32.9 Å². The van der Waals surface area contributed by atoms with Crippen molar-refractivity contribution in [1.82, 2.24) is 4.98 Å². The molecule has 0 aliphatic carbocycles. The summed E-state index contributed by atoms with van der Waals surface area (Å²) < 4.78 is 0.861. The maximum Gasteiger partial charge on any atom is 0.210 e. The van der Waals surface area contributed by atoms with Crippen molar-refractivity contribution in [3.8, 4) is 0 Å². The molecule has 0 aliphatic heterocycles. The molecular formula is C14H13BrClNO. The van der Waals surface area contributed by atoms with Crippen LogP contribution in [0.5, 0.6) is 0 Å². The molecule has 1 heterocycles. The molecule has 0 amide bonds. The molecule has 0 fully saturated rings. The van der Waals surface area contributed by atoms with Gasteiger partial charge >= 0.3 is 0 Å². The lowest BCUT2D eigenvalue weighted by atomic mass is 10.0. The van der Waals surface area contributed by atoms with Crippen molar-refractivity contribution in [2.75, 3.05) is 0 Å². The van der Waals surface area contributed by atoms with Gasteiger partial charge < -0.3 is 4.98 Å². The van der Waals surface area contributed by atoms with Gasteiger partial charge in [-0.1, -0.05) is 27.5 Å². The van der Waals surface area contributed by atoms with Crippen LogP contribution in [0.1, 0.15) is 32.9 Å². The van der Waals surface area contributed by atoms with Crippen LogP contribution in [0.2, 0.25) is 5.02 Å². The monoisotopic (exact) mass is 325 g/mol. The summed E-state index contributed by atoms with van der Waals surface area (Å²) in [4.78, 5) is 15.6. The number of nitrogens with one attached hydrogen (secondary N) is 1. The van der Waals surface area contributed by atoms with Gasteiger partial charge in [-0.3, -0.25) is 4.79 Å². The summed E-state index contributed by atoms with van der Waals surface area (Å²) in [5.41, 5.74) is 4.26. The highest BCUT2D eigenvalue weighted by Crippen LogP contribution is 2.26. The van der Waals surface area contributed by atoms with Crippen LogP contribution in [0.25, 0.3) is 0 Å². The molecule has 1 aromatic heterocycles. The zero-order chi connectivity index (χ0) is 13.4. The molecule has 94 valence electrons. The number of rotatable bonds is 2. The maximum atomic E-state index is 12.4. The lowest BCUT2D eigenvalue weighted by Crippen LogP contribution is -2.04. The molecule has 2 nitrogen and oxygen atoms in total. The Kier molecular flexibility index (Phi) is 3.64. The summed E-state index contributed by atoms with van der Waals surface area (Å²) in [5, 5.41) is 0.457. The Morgan fingerprint density at radius 3 is 2.39 bits per heavy atom. The van der Waals surface area contributed by atoms with Crippen LogP contribution in [-0.4, -0.2) is 10.8 Å². The number of carbonyl (C=O) groups excluding carboxylic acids is 1. The van der Waals surface area contributed by atoms with Gasteiger partial charge in [-0.2, -0.15) is 0 Å². The van der Waals surface area contributed by atoms with Crippen molar-refractivity contribution in [1.29, 1.82) is 0 Å². The zero-order valence-corrected chi connectivity index (χ0v) is 12.7. The minimum Gasteiger partial charge on any atom is -0.356 e. The fourth-order valence-corrected chi connectivity index (χ4v) is 2.64. The van der Waals surface area contributed by atoms with E-state index < -0.39 is 0 Å². The minimum atomic E-state index is -0.0683. The predicted molar refractivity (Wildman–Crippen MR) is 77.6 cm³/mol. The van der Waals surface area contributed by atoms with Gasteiger partial charge in [0.1, 0.15) is 0 Å². The van der Waals surface area contributed by atoms with Crippen molar-refractivity contribution in [2.45, 2.75) is 20.8 Å². The summed E-state index contributed by atoms with van der Waals surface area (Å²) in [6.45, 7) is 5.91. The van der Waals surface area contributed by atoms with Crippen LogP contribution in [0.3, 0.4) is 0 Å². The van der Waals surface area contributed by atoms with Crippen LogP contribution in [-0.2, 0) is 0 Å². The van der Waals surface area contributed by atoms with Gasteiger partial charge in [0.25, 0.3) is 0 Å². The van der Waals surface area contributed by atoms with Crippen LogP contribution in [0.4, 0.5) is 0 Å². The zero-order valence-electron chi connectivity index (χ0n) is 10.4. The van der Waals surface area contributed by atoms with Crippen molar-refractivity contribution in [3.05, 3.63) is 55.8 Å². The molecule has 0 saturated heterocycles. The molecule has 2 aromatic rings. The van der Waals surface area contributed by atoms with Gasteiger partial charge in [0.15, 0.2) is 0 Å². The molecule has 0 radical (unpaired) electrons. The lowest BCUT2D eigenvalue weighted by Gasteiger charge is -2.04. The molecular weight excluding hydrogens is 314 g/mol.